The van der Waals surface area contributed by atoms with Gasteiger partial charge >= 0.3 is 6.09 Å². The highest BCUT2D eigenvalue weighted by atomic mass is 19.2. The number of carbonyl (C=O) groups is 1. The van der Waals surface area contributed by atoms with Crippen LogP contribution in [0.4, 0.5) is 23.7 Å². The average Bonchev–Trinajstić information content (AvgIpc) is 2.32. The van der Waals surface area contributed by atoms with Crippen molar-refractivity contribution in [2.75, 3.05) is 18.4 Å². The van der Waals surface area contributed by atoms with Crippen LogP contribution in [0.3, 0.4) is 0 Å². The topological polar surface area (TPSA) is 50.4 Å². The van der Waals surface area contributed by atoms with Crippen LogP contribution >= 0.6 is 0 Å². The van der Waals surface area contributed by atoms with Crippen molar-refractivity contribution >= 4 is 11.8 Å². The summed E-state index contributed by atoms with van der Waals surface area (Å²) < 4.78 is 44.2. The molecule has 0 aliphatic heterocycles. The van der Waals surface area contributed by atoms with Gasteiger partial charge in [0.25, 0.3) is 0 Å². The van der Waals surface area contributed by atoms with E-state index in [1.54, 1.807) is 20.8 Å². The SMILES string of the molecule is CC(C)(C)OC(=O)NCCCNc1cc(F)cc(F)c1F. The fourth-order valence-corrected chi connectivity index (χ4v) is 1.50. The summed E-state index contributed by atoms with van der Waals surface area (Å²) >= 11 is 0. The number of anilines is 1. The maximum absolute atomic E-state index is 13.3. The van der Waals surface area contributed by atoms with Gasteiger partial charge in [-0.15, -0.1) is 0 Å². The normalized spacial score (nSPS) is 11.1. The first-order valence-corrected chi connectivity index (χ1v) is 6.54. The lowest BCUT2D eigenvalue weighted by molar-refractivity contribution is 0.0528. The zero-order valence-corrected chi connectivity index (χ0v) is 12.2. The highest BCUT2D eigenvalue weighted by Crippen LogP contribution is 2.18. The molecule has 0 radical (unpaired) electrons. The van der Waals surface area contributed by atoms with Gasteiger partial charge in [0.2, 0.25) is 0 Å². The van der Waals surface area contributed by atoms with Crippen molar-refractivity contribution in [1.82, 2.24) is 5.32 Å². The maximum atomic E-state index is 13.3. The molecule has 0 saturated heterocycles. The number of ether oxygens (including phenoxy) is 1. The minimum atomic E-state index is -1.25. The third kappa shape index (κ3) is 6.37. The van der Waals surface area contributed by atoms with Crippen LogP contribution in [-0.4, -0.2) is 24.8 Å². The van der Waals surface area contributed by atoms with Gasteiger partial charge in [-0.25, -0.2) is 18.0 Å². The van der Waals surface area contributed by atoms with Crippen molar-refractivity contribution in [3.8, 4) is 0 Å². The van der Waals surface area contributed by atoms with Gasteiger partial charge in [0, 0.05) is 25.2 Å². The van der Waals surface area contributed by atoms with Crippen LogP contribution in [0.15, 0.2) is 12.1 Å². The van der Waals surface area contributed by atoms with Crippen LogP contribution in [0.5, 0.6) is 0 Å². The predicted octanol–water partition coefficient (Wildman–Crippen LogP) is 3.43. The van der Waals surface area contributed by atoms with Crippen molar-refractivity contribution in [3.63, 3.8) is 0 Å². The van der Waals surface area contributed by atoms with Gasteiger partial charge in [-0.05, 0) is 27.2 Å². The van der Waals surface area contributed by atoms with E-state index >= 15 is 0 Å². The lowest BCUT2D eigenvalue weighted by Gasteiger charge is -2.19. The van der Waals surface area contributed by atoms with Gasteiger partial charge < -0.3 is 15.4 Å². The second kappa shape index (κ2) is 7.19. The van der Waals surface area contributed by atoms with Crippen LogP contribution in [0, 0.1) is 17.5 Å². The number of alkyl carbamates (subject to hydrolysis) is 1. The number of hydrogen-bond acceptors (Lipinski definition) is 3. The Labute approximate surface area is 121 Å². The van der Waals surface area contributed by atoms with Crippen molar-refractivity contribution in [1.29, 1.82) is 0 Å². The molecule has 4 nitrogen and oxygen atoms in total. The highest BCUT2D eigenvalue weighted by Gasteiger charge is 2.15. The molecule has 118 valence electrons. The molecule has 7 heteroatoms. The molecule has 0 aliphatic carbocycles. The standard InChI is InChI=1S/C14H19F3N2O2/c1-14(2,3)21-13(20)19-6-4-5-18-11-8-9(15)7-10(16)12(11)17/h7-8,18H,4-6H2,1-3H3,(H,19,20). The second-order valence-corrected chi connectivity index (χ2v) is 5.46. The van der Waals surface area contributed by atoms with Crippen LogP contribution in [-0.2, 0) is 4.74 Å². The fourth-order valence-electron chi connectivity index (χ4n) is 1.50. The number of hydrogen-bond donors (Lipinski definition) is 2. The van der Waals surface area contributed by atoms with Gasteiger partial charge in [-0.1, -0.05) is 0 Å². The maximum Gasteiger partial charge on any atom is 0.407 e. The summed E-state index contributed by atoms with van der Waals surface area (Å²) in [4.78, 5) is 11.3. The molecule has 0 aliphatic rings. The van der Waals surface area contributed by atoms with E-state index in [4.69, 9.17) is 4.74 Å². The summed E-state index contributed by atoms with van der Waals surface area (Å²) in [5.74, 6) is -3.23. The molecule has 1 rings (SSSR count). The monoisotopic (exact) mass is 304 g/mol. The van der Waals surface area contributed by atoms with Gasteiger partial charge in [-0.2, -0.15) is 0 Å². The van der Waals surface area contributed by atoms with E-state index in [-0.39, 0.29) is 12.2 Å². The zero-order chi connectivity index (χ0) is 16.0. The van der Waals surface area contributed by atoms with Crippen molar-refractivity contribution in [3.05, 3.63) is 29.6 Å². The average molecular weight is 304 g/mol. The van der Waals surface area contributed by atoms with Crippen LogP contribution in [0.25, 0.3) is 0 Å². The second-order valence-electron chi connectivity index (χ2n) is 5.46. The molecule has 0 saturated carbocycles. The Morgan fingerprint density at radius 3 is 2.48 bits per heavy atom. The van der Waals surface area contributed by atoms with Crippen molar-refractivity contribution in [2.24, 2.45) is 0 Å². The van der Waals surface area contributed by atoms with E-state index in [0.29, 0.717) is 19.0 Å². The predicted molar refractivity (Wildman–Crippen MR) is 73.7 cm³/mol. The van der Waals surface area contributed by atoms with Gasteiger partial charge in [0.05, 0.1) is 5.69 Å². The minimum Gasteiger partial charge on any atom is -0.444 e. The van der Waals surface area contributed by atoms with E-state index < -0.39 is 29.1 Å². The number of carbonyl (C=O) groups excluding carboxylic acids is 1. The largest absolute Gasteiger partial charge is 0.444 e. The molecule has 1 aromatic carbocycles. The molecule has 0 unspecified atom stereocenters. The quantitative estimate of drug-likeness (QED) is 0.647. The Hall–Kier alpha value is -1.92. The van der Waals surface area contributed by atoms with Crippen molar-refractivity contribution < 1.29 is 22.7 Å². The Morgan fingerprint density at radius 1 is 1.19 bits per heavy atom. The lowest BCUT2D eigenvalue weighted by atomic mass is 10.2. The molecule has 0 heterocycles. The molecule has 0 atom stereocenters. The molecule has 0 bridgehead atoms. The first-order valence-electron chi connectivity index (χ1n) is 6.54. The van der Waals surface area contributed by atoms with E-state index in [1.165, 1.54) is 0 Å². The van der Waals surface area contributed by atoms with E-state index in [1.807, 2.05) is 0 Å². The van der Waals surface area contributed by atoms with Crippen LogP contribution < -0.4 is 10.6 Å². The Balaban J connectivity index is 2.31. The molecule has 0 spiro atoms. The fraction of sp³-hybridized carbons (Fsp3) is 0.500. The van der Waals surface area contributed by atoms with Gasteiger partial charge in [0.15, 0.2) is 11.6 Å². The van der Waals surface area contributed by atoms with E-state index in [2.05, 4.69) is 10.6 Å². The number of nitrogens with one attached hydrogen (secondary N) is 2. The summed E-state index contributed by atoms with van der Waals surface area (Å²) in [5.41, 5.74) is -0.824. The summed E-state index contributed by atoms with van der Waals surface area (Å²) in [5, 5.41) is 5.09. The molecular formula is C14H19F3N2O2. The summed E-state index contributed by atoms with van der Waals surface area (Å²) in [6, 6.07) is 1.35. The third-order valence-electron chi connectivity index (χ3n) is 2.33. The molecule has 0 fully saturated rings. The van der Waals surface area contributed by atoms with Crippen LogP contribution in [0.1, 0.15) is 27.2 Å². The van der Waals surface area contributed by atoms with E-state index in [9.17, 15) is 18.0 Å². The molecule has 2 N–H and O–H groups in total. The molecular weight excluding hydrogens is 285 g/mol. The number of rotatable bonds is 5. The Kier molecular flexibility index (Phi) is 5.87. The van der Waals surface area contributed by atoms with Crippen molar-refractivity contribution in [2.45, 2.75) is 32.8 Å². The first kappa shape index (κ1) is 17.1. The molecule has 1 amide bonds. The Bertz CT molecular complexity index is 502. The summed E-state index contributed by atoms with van der Waals surface area (Å²) in [7, 11) is 0. The Morgan fingerprint density at radius 2 is 1.86 bits per heavy atom. The van der Waals surface area contributed by atoms with Gasteiger partial charge in [0.1, 0.15) is 11.4 Å². The smallest absolute Gasteiger partial charge is 0.407 e. The minimum absolute atomic E-state index is 0.246. The summed E-state index contributed by atoms with van der Waals surface area (Å²) in [6.45, 7) is 5.77. The lowest BCUT2D eigenvalue weighted by Crippen LogP contribution is -2.33. The summed E-state index contributed by atoms with van der Waals surface area (Å²) in [6.07, 6.45) is -0.109. The number of halogens is 3. The van der Waals surface area contributed by atoms with Crippen LogP contribution in [0.2, 0.25) is 0 Å². The molecule has 21 heavy (non-hydrogen) atoms. The first-order chi connectivity index (χ1) is 9.69. The highest BCUT2D eigenvalue weighted by molar-refractivity contribution is 5.67. The third-order valence-corrected chi connectivity index (χ3v) is 2.33. The number of benzene rings is 1. The number of amides is 1. The molecule has 1 aromatic rings. The zero-order valence-electron chi connectivity index (χ0n) is 12.2. The van der Waals surface area contributed by atoms with Gasteiger partial charge in [-0.3, -0.25) is 0 Å². The molecule has 0 aromatic heterocycles. The van der Waals surface area contributed by atoms with E-state index in [0.717, 1.165) is 6.07 Å².